The Hall–Kier alpha value is -1.39. The monoisotopic (exact) mass is 287 g/mol. The number of carbonyl (C=O) groups excluding carboxylic acids is 1. The summed E-state index contributed by atoms with van der Waals surface area (Å²) < 4.78 is 0. The first-order valence-electron chi connectivity index (χ1n) is 8.06. The number of fused-ring (bicyclic) bond motifs is 1. The van der Waals surface area contributed by atoms with Gasteiger partial charge in [-0.3, -0.25) is 9.69 Å². The van der Waals surface area contributed by atoms with Crippen LogP contribution in [0.5, 0.6) is 0 Å². The molecule has 3 N–H and O–H groups in total. The molecule has 0 aromatic heterocycles. The van der Waals surface area contributed by atoms with E-state index in [0.717, 1.165) is 50.8 Å². The molecule has 1 amide bonds. The summed E-state index contributed by atoms with van der Waals surface area (Å²) in [5.74, 6) is 0.225. The number of carbonyl (C=O) groups is 1. The number of rotatable bonds is 5. The number of nitrogens with zero attached hydrogens (tertiary/aromatic N) is 1. The molecule has 0 bridgehead atoms. The zero-order chi connectivity index (χ0) is 14.7. The van der Waals surface area contributed by atoms with Gasteiger partial charge < -0.3 is 11.1 Å². The quantitative estimate of drug-likeness (QED) is 0.861. The molecule has 2 fully saturated rings. The lowest BCUT2D eigenvalue weighted by atomic mass is 9.93. The average Bonchev–Trinajstić information content (AvgIpc) is 3.07. The molecule has 1 aromatic rings. The van der Waals surface area contributed by atoms with Crippen molar-refractivity contribution in [2.45, 2.75) is 44.2 Å². The maximum Gasteiger partial charge on any atom is 0.240 e. The van der Waals surface area contributed by atoms with E-state index < -0.39 is 0 Å². The smallest absolute Gasteiger partial charge is 0.240 e. The van der Waals surface area contributed by atoms with Gasteiger partial charge in [0.05, 0.1) is 0 Å². The first-order valence-corrected chi connectivity index (χ1v) is 8.06. The van der Waals surface area contributed by atoms with Gasteiger partial charge in [-0.15, -0.1) is 0 Å². The molecule has 21 heavy (non-hydrogen) atoms. The summed E-state index contributed by atoms with van der Waals surface area (Å²) in [7, 11) is 0. The van der Waals surface area contributed by atoms with E-state index >= 15 is 0 Å². The van der Waals surface area contributed by atoms with Crippen LogP contribution >= 0.6 is 0 Å². The van der Waals surface area contributed by atoms with E-state index in [1.807, 2.05) is 0 Å². The summed E-state index contributed by atoms with van der Waals surface area (Å²) in [5, 5.41) is 3.15. The molecule has 0 atom stereocenters. The minimum atomic E-state index is -0.195. The molecule has 2 heterocycles. The Morgan fingerprint density at radius 3 is 2.38 bits per heavy atom. The Morgan fingerprint density at radius 2 is 1.76 bits per heavy atom. The van der Waals surface area contributed by atoms with Crippen LogP contribution in [-0.4, -0.2) is 36.0 Å². The number of amides is 1. The van der Waals surface area contributed by atoms with Crippen molar-refractivity contribution in [3.63, 3.8) is 0 Å². The van der Waals surface area contributed by atoms with E-state index in [1.165, 1.54) is 5.56 Å². The molecule has 0 saturated carbocycles. The molecule has 4 heteroatoms. The highest BCUT2D eigenvalue weighted by molar-refractivity contribution is 5.87. The second-order valence-corrected chi connectivity index (χ2v) is 6.26. The zero-order valence-electron chi connectivity index (χ0n) is 12.6. The molecule has 1 aromatic carbocycles. The SMILES string of the molecule is NCCc1ccc(CNC(=O)C23CCCN2CCC3)cc1. The second-order valence-electron chi connectivity index (χ2n) is 6.26. The third-order valence-electron chi connectivity index (χ3n) is 4.97. The van der Waals surface area contributed by atoms with Crippen LogP contribution in [-0.2, 0) is 17.8 Å². The molecule has 4 nitrogen and oxygen atoms in total. The lowest BCUT2D eigenvalue weighted by molar-refractivity contribution is -0.130. The first kappa shape index (κ1) is 14.5. The summed E-state index contributed by atoms with van der Waals surface area (Å²) in [5.41, 5.74) is 7.77. The molecule has 3 rings (SSSR count). The fraction of sp³-hybridized carbons (Fsp3) is 0.588. The van der Waals surface area contributed by atoms with Gasteiger partial charge in [0, 0.05) is 6.54 Å². The fourth-order valence-electron chi connectivity index (χ4n) is 3.81. The summed E-state index contributed by atoms with van der Waals surface area (Å²) >= 11 is 0. The van der Waals surface area contributed by atoms with Crippen molar-refractivity contribution in [2.75, 3.05) is 19.6 Å². The highest BCUT2D eigenvalue weighted by Crippen LogP contribution is 2.38. The maximum atomic E-state index is 12.6. The van der Waals surface area contributed by atoms with Gasteiger partial charge in [0.15, 0.2) is 0 Å². The largest absolute Gasteiger partial charge is 0.350 e. The van der Waals surface area contributed by atoms with Crippen molar-refractivity contribution in [3.8, 4) is 0 Å². The molecular weight excluding hydrogens is 262 g/mol. The highest BCUT2D eigenvalue weighted by atomic mass is 16.2. The zero-order valence-corrected chi connectivity index (χ0v) is 12.6. The Labute approximate surface area is 126 Å². The normalized spacial score (nSPS) is 20.4. The number of hydrogen-bond donors (Lipinski definition) is 2. The first-order chi connectivity index (χ1) is 10.2. The van der Waals surface area contributed by atoms with Crippen molar-refractivity contribution < 1.29 is 4.79 Å². The van der Waals surface area contributed by atoms with E-state index in [-0.39, 0.29) is 11.4 Å². The second kappa shape index (κ2) is 6.16. The van der Waals surface area contributed by atoms with Crippen molar-refractivity contribution in [1.82, 2.24) is 10.2 Å². The predicted molar refractivity (Wildman–Crippen MR) is 83.8 cm³/mol. The van der Waals surface area contributed by atoms with Crippen LogP contribution in [0.4, 0.5) is 0 Å². The van der Waals surface area contributed by atoms with Gasteiger partial charge in [-0.25, -0.2) is 0 Å². The van der Waals surface area contributed by atoms with Gasteiger partial charge in [-0.1, -0.05) is 24.3 Å². The molecule has 2 aliphatic heterocycles. The minimum absolute atomic E-state index is 0.195. The molecule has 0 radical (unpaired) electrons. The summed E-state index contributed by atoms with van der Waals surface area (Å²) in [6, 6.07) is 8.38. The van der Waals surface area contributed by atoms with Crippen molar-refractivity contribution in [2.24, 2.45) is 5.73 Å². The molecule has 114 valence electrons. The van der Waals surface area contributed by atoms with E-state index in [4.69, 9.17) is 5.73 Å². The summed E-state index contributed by atoms with van der Waals surface area (Å²) in [6.07, 6.45) is 5.26. The van der Waals surface area contributed by atoms with E-state index in [2.05, 4.69) is 34.5 Å². The van der Waals surface area contributed by atoms with Crippen molar-refractivity contribution >= 4 is 5.91 Å². The topological polar surface area (TPSA) is 58.4 Å². The predicted octanol–water partition coefficient (Wildman–Crippen LogP) is 1.43. The van der Waals surface area contributed by atoms with Crippen LogP contribution in [0.25, 0.3) is 0 Å². The van der Waals surface area contributed by atoms with Crippen molar-refractivity contribution in [1.29, 1.82) is 0 Å². The van der Waals surface area contributed by atoms with Gasteiger partial charge in [0.2, 0.25) is 5.91 Å². The van der Waals surface area contributed by atoms with Crippen LogP contribution in [0.15, 0.2) is 24.3 Å². The number of nitrogens with two attached hydrogens (primary N) is 1. The average molecular weight is 287 g/mol. The molecule has 2 saturated heterocycles. The minimum Gasteiger partial charge on any atom is -0.350 e. The van der Waals surface area contributed by atoms with Crippen LogP contribution in [0.1, 0.15) is 36.8 Å². The molecule has 0 aliphatic carbocycles. The molecule has 0 spiro atoms. The lowest BCUT2D eigenvalue weighted by Crippen LogP contribution is -2.51. The van der Waals surface area contributed by atoms with Gasteiger partial charge in [-0.2, -0.15) is 0 Å². The van der Waals surface area contributed by atoms with Gasteiger partial charge in [-0.05, 0) is 62.9 Å². The van der Waals surface area contributed by atoms with E-state index in [9.17, 15) is 4.79 Å². The number of nitrogens with one attached hydrogen (secondary N) is 1. The van der Waals surface area contributed by atoms with Gasteiger partial charge >= 0.3 is 0 Å². The fourth-order valence-corrected chi connectivity index (χ4v) is 3.81. The third kappa shape index (κ3) is 2.83. The maximum absolute atomic E-state index is 12.6. The lowest BCUT2D eigenvalue weighted by Gasteiger charge is -2.30. The van der Waals surface area contributed by atoms with E-state index in [1.54, 1.807) is 0 Å². The van der Waals surface area contributed by atoms with Crippen molar-refractivity contribution in [3.05, 3.63) is 35.4 Å². The van der Waals surface area contributed by atoms with Gasteiger partial charge in [0.1, 0.15) is 5.54 Å². The Kier molecular flexibility index (Phi) is 4.27. The Balaban J connectivity index is 1.58. The highest BCUT2D eigenvalue weighted by Gasteiger charge is 2.49. The van der Waals surface area contributed by atoms with Crippen LogP contribution in [0.3, 0.4) is 0 Å². The van der Waals surface area contributed by atoms with Crippen LogP contribution < -0.4 is 11.1 Å². The standard InChI is InChI=1S/C17H25N3O/c18-10-7-14-3-5-15(6-4-14)13-19-16(21)17-8-1-11-20(17)12-2-9-17/h3-6H,1-2,7-13,18H2,(H,19,21). The summed E-state index contributed by atoms with van der Waals surface area (Å²) in [4.78, 5) is 15.0. The summed E-state index contributed by atoms with van der Waals surface area (Å²) in [6.45, 7) is 3.47. The number of hydrogen-bond acceptors (Lipinski definition) is 3. The Bertz CT molecular complexity index is 487. The van der Waals surface area contributed by atoms with Gasteiger partial charge in [0.25, 0.3) is 0 Å². The van der Waals surface area contributed by atoms with Crippen LogP contribution in [0.2, 0.25) is 0 Å². The molecular formula is C17H25N3O. The third-order valence-corrected chi connectivity index (χ3v) is 4.97. The molecule has 0 unspecified atom stereocenters. The van der Waals surface area contributed by atoms with E-state index in [0.29, 0.717) is 13.1 Å². The van der Waals surface area contributed by atoms with Crippen LogP contribution in [0, 0.1) is 0 Å². The number of benzene rings is 1. The molecule has 2 aliphatic rings. The Morgan fingerprint density at radius 1 is 1.14 bits per heavy atom.